The Labute approximate surface area is 166 Å². The molecule has 1 unspecified atom stereocenters. The standard InChI is InChI=1S/C23H29FN2O2/c1-17-5-3-7-22(18(17)2)28-14-12-25-23(27)20-6-4-13-26(16-20)15-19-8-10-21(24)11-9-19/h3,5,7-11,20H,4,6,12-16H2,1-2H3,(H,25,27). The second kappa shape index (κ2) is 9.69. The second-order valence-electron chi connectivity index (χ2n) is 7.54. The van der Waals surface area contributed by atoms with Gasteiger partial charge in [-0.15, -0.1) is 0 Å². The minimum Gasteiger partial charge on any atom is -0.491 e. The summed E-state index contributed by atoms with van der Waals surface area (Å²) in [5.74, 6) is 0.739. The molecule has 0 spiro atoms. The predicted octanol–water partition coefficient (Wildman–Crippen LogP) is 3.85. The average Bonchev–Trinajstić information content (AvgIpc) is 2.70. The quantitative estimate of drug-likeness (QED) is 0.738. The number of ether oxygens (including phenoxy) is 1. The van der Waals surface area contributed by atoms with Gasteiger partial charge in [-0.2, -0.15) is 0 Å². The van der Waals surface area contributed by atoms with Gasteiger partial charge in [-0.05, 0) is 68.1 Å². The first-order chi connectivity index (χ1) is 13.5. The highest BCUT2D eigenvalue weighted by Crippen LogP contribution is 2.21. The highest BCUT2D eigenvalue weighted by atomic mass is 19.1. The van der Waals surface area contributed by atoms with Crippen molar-refractivity contribution < 1.29 is 13.9 Å². The van der Waals surface area contributed by atoms with Gasteiger partial charge in [0, 0.05) is 13.1 Å². The molecule has 0 bridgehead atoms. The fraction of sp³-hybridized carbons (Fsp3) is 0.435. The van der Waals surface area contributed by atoms with Crippen molar-refractivity contribution in [3.05, 3.63) is 65.0 Å². The third-order valence-electron chi connectivity index (χ3n) is 5.41. The van der Waals surface area contributed by atoms with E-state index in [0.717, 1.165) is 49.4 Å². The Balaban J connectivity index is 1.42. The first-order valence-corrected chi connectivity index (χ1v) is 9.96. The molecule has 0 aromatic heterocycles. The molecular weight excluding hydrogens is 355 g/mol. The van der Waals surface area contributed by atoms with E-state index in [0.29, 0.717) is 13.2 Å². The van der Waals surface area contributed by atoms with Crippen LogP contribution < -0.4 is 10.1 Å². The lowest BCUT2D eigenvalue weighted by molar-refractivity contribution is -0.126. The van der Waals surface area contributed by atoms with Crippen LogP contribution in [-0.4, -0.2) is 37.0 Å². The Bertz CT molecular complexity index is 792. The molecule has 0 radical (unpaired) electrons. The zero-order valence-electron chi connectivity index (χ0n) is 16.7. The number of carbonyl (C=O) groups is 1. The number of aryl methyl sites for hydroxylation is 1. The van der Waals surface area contributed by atoms with Gasteiger partial charge in [-0.25, -0.2) is 4.39 Å². The van der Waals surface area contributed by atoms with Crippen molar-refractivity contribution in [3.8, 4) is 5.75 Å². The molecule has 5 heteroatoms. The fourth-order valence-corrected chi connectivity index (χ4v) is 3.62. The summed E-state index contributed by atoms with van der Waals surface area (Å²) in [6.07, 6.45) is 1.90. The number of hydrogen-bond donors (Lipinski definition) is 1. The topological polar surface area (TPSA) is 41.6 Å². The van der Waals surface area contributed by atoms with Crippen LogP contribution in [0, 0.1) is 25.6 Å². The van der Waals surface area contributed by atoms with Crippen molar-refractivity contribution in [2.75, 3.05) is 26.2 Å². The average molecular weight is 384 g/mol. The van der Waals surface area contributed by atoms with Gasteiger partial charge >= 0.3 is 0 Å². The SMILES string of the molecule is Cc1cccc(OCCNC(=O)C2CCCN(Cc3ccc(F)cc3)C2)c1C. The Morgan fingerprint density at radius 1 is 1.21 bits per heavy atom. The number of benzene rings is 2. The van der Waals surface area contributed by atoms with Gasteiger partial charge in [0.2, 0.25) is 5.91 Å². The lowest BCUT2D eigenvalue weighted by Gasteiger charge is -2.32. The summed E-state index contributed by atoms with van der Waals surface area (Å²) in [4.78, 5) is 14.8. The van der Waals surface area contributed by atoms with E-state index < -0.39 is 0 Å². The molecule has 0 saturated carbocycles. The van der Waals surface area contributed by atoms with E-state index in [2.05, 4.69) is 23.2 Å². The summed E-state index contributed by atoms with van der Waals surface area (Å²) in [6, 6.07) is 12.6. The smallest absolute Gasteiger partial charge is 0.224 e. The number of nitrogens with one attached hydrogen (secondary N) is 1. The number of halogens is 1. The third kappa shape index (κ3) is 5.55. The van der Waals surface area contributed by atoms with E-state index in [1.165, 1.54) is 17.7 Å². The van der Waals surface area contributed by atoms with E-state index >= 15 is 0 Å². The van der Waals surface area contributed by atoms with Gasteiger partial charge in [0.05, 0.1) is 12.5 Å². The summed E-state index contributed by atoms with van der Waals surface area (Å²) in [7, 11) is 0. The summed E-state index contributed by atoms with van der Waals surface area (Å²) in [6.45, 7) is 7.52. The minimum atomic E-state index is -0.220. The third-order valence-corrected chi connectivity index (χ3v) is 5.41. The number of hydrogen-bond acceptors (Lipinski definition) is 3. The van der Waals surface area contributed by atoms with Crippen LogP contribution in [0.3, 0.4) is 0 Å². The van der Waals surface area contributed by atoms with E-state index in [1.807, 2.05) is 31.2 Å². The Hall–Kier alpha value is -2.40. The predicted molar refractivity (Wildman–Crippen MR) is 109 cm³/mol. The molecule has 1 amide bonds. The molecule has 1 atom stereocenters. The maximum absolute atomic E-state index is 13.1. The molecule has 150 valence electrons. The molecule has 0 aliphatic carbocycles. The van der Waals surface area contributed by atoms with Gasteiger partial charge in [-0.1, -0.05) is 24.3 Å². The summed E-state index contributed by atoms with van der Waals surface area (Å²) in [5.41, 5.74) is 3.41. The Morgan fingerprint density at radius 2 is 2.00 bits per heavy atom. The molecule has 1 N–H and O–H groups in total. The van der Waals surface area contributed by atoms with Crippen LogP contribution in [0.2, 0.25) is 0 Å². The van der Waals surface area contributed by atoms with Crippen LogP contribution in [0.15, 0.2) is 42.5 Å². The second-order valence-corrected chi connectivity index (χ2v) is 7.54. The molecule has 4 nitrogen and oxygen atoms in total. The van der Waals surface area contributed by atoms with Crippen molar-refractivity contribution >= 4 is 5.91 Å². The number of carbonyl (C=O) groups excluding carboxylic acids is 1. The number of nitrogens with zero attached hydrogens (tertiary/aromatic N) is 1. The molecule has 1 aliphatic rings. The van der Waals surface area contributed by atoms with Crippen molar-refractivity contribution in [1.82, 2.24) is 10.2 Å². The monoisotopic (exact) mass is 384 g/mol. The maximum atomic E-state index is 13.1. The van der Waals surface area contributed by atoms with Crippen LogP contribution in [0.4, 0.5) is 4.39 Å². The molecule has 3 rings (SSSR count). The zero-order valence-corrected chi connectivity index (χ0v) is 16.7. The highest BCUT2D eigenvalue weighted by molar-refractivity contribution is 5.78. The largest absolute Gasteiger partial charge is 0.491 e. The van der Waals surface area contributed by atoms with Gasteiger partial charge in [0.15, 0.2) is 0 Å². The fourth-order valence-electron chi connectivity index (χ4n) is 3.62. The Morgan fingerprint density at radius 3 is 2.79 bits per heavy atom. The molecule has 1 heterocycles. The summed E-state index contributed by atoms with van der Waals surface area (Å²) in [5, 5.41) is 3.01. The molecule has 1 aliphatic heterocycles. The molecule has 28 heavy (non-hydrogen) atoms. The minimum absolute atomic E-state index is 0.00472. The zero-order chi connectivity index (χ0) is 19.9. The molecule has 2 aromatic rings. The molecular formula is C23H29FN2O2. The van der Waals surface area contributed by atoms with Gasteiger partial charge < -0.3 is 10.1 Å². The first-order valence-electron chi connectivity index (χ1n) is 9.96. The van der Waals surface area contributed by atoms with Crippen molar-refractivity contribution in [3.63, 3.8) is 0 Å². The highest BCUT2D eigenvalue weighted by Gasteiger charge is 2.25. The number of rotatable bonds is 7. The Kier molecular flexibility index (Phi) is 7.04. The van der Waals surface area contributed by atoms with Gasteiger partial charge in [0.1, 0.15) is 18.2 Å². The van der Waals surface area contributed by atoms with E-state index in [4.69, 9.17) is 4.74 Å². The van der Waals surface area contributed by atoms with E-state index in [9.17, 15) is 9.18 Å². The lowest BCUT2D eigenvalue weighted by atomic mass is 9.96. The van der Waals surface area contributed by atoms with Crippen molar-refractivity contribution in [2.45, 2.75) is 33.2 Å². The van der Waals surface area contributed by atoms with Crippen LogP contribution in [0.1, 0.15) is 29.5 Å². The van der Waals surface area contributed by atoms with Crippen molar-refractivity contribution in [1.29, 1.82) is 0 Å². The normalized spacial score (nSPS) is 17.3. The van der Waals surface area contributed by atoms with E-state index in [-0.39, 0.29) is 17.6 Å². The van der Waals surface area contributed by atoms with E-state index in [1.54, 1.807) is 0 Å². The number of likely N-dealkylation sites (tertiary alicyclic amines) is 1. The van der Waals surface area contributed by atoms with Crippen molar-refractivity contribution in [2.24, 2.45) is 5.92 Å². The first kappa shape index (κ1) is 20.3. The van der Waals surface area contributed by atoms with Crippen LogP contribution in [0.25, 0.3) is 0 Å². The number of amides is 1. The van der Waals surface area contributed by atoms with Crippen LogP contribution in [0.5, 0.6) is 5.75 Å². The maximum Gasteiger partial charge on any atom is 0.224 e. The van der Waals surface area contributed by atoms with Gasteiger partial charge in [0.25, 0.3) is 0 Å². The van der Waals surface area contributed by atoms with Gasteiger partial charge in [-0.3, -0.25) is 9.69 Å². The van der Waals surface area contributed by atoms with Crippen LogP contribution >= 0.6 is 0 Å². The summed E-state index contributed by atoms with van der Waals surface area (Å²) >= 11 is 0. The van der Waals surface area contributed by atoms with Crippen LogP contribution in [-0.2, 0) is 11.3 Å². The summed E-state index contributed by atoms with van der Waals surface area (Å²) < 4.78 is 18.9. The molecule has 2 aromatic carbocycles. The molecule has 1 fully saturated rings. The lowest BCUT2D eigenvalue weighted by Crippen LogP contribution is -2.43. The molecule has 1 saturated heterocycles. The number of piperidine rings is 1.